The number of benzene rings is 2. The summed E-state index contributed by atoms with van der Waals surface area (Å²) in [5.41, 5.74) is 1.51. The number of methoxy groups -OCH3 is 1. The Balaban J connectivity index is 1.78. The predicted octanol–water partition coefficient (Wildman–Crippen LogP) is 4.88. The van der Waals surface area contributed by atoms with Crippen LogP contribution in [0.4, 0.5) is 9.39 Å². The number of carbonyl (C=O) groups is 3. The first-order valence-electron chi connectivity index (χ1n) is 10.6. The summed E-state index contributed by atoms with van der Waals surface area (Å²) in [7, 11) is 1.53. The Morgan fingerprint density at radius 3 is 2.53 bits per heavy atom. The normalized spacial score (nSPS) is 11.4. The van der Waals surface area contributed by atoms with Gasteiger partial charge in [0.2, 0.25) is 0 Å². The maximum absolute atomic E-state index is 13.4. The lowest BCUT2D eigenvalue weighted by Gasteiger charge is -2.19. The zero-order valence-corrected chi connectivity index (χ0v) is 19.8. The smallest absolute Gasteiger partial charge is 0.308 e. The van der Waals surface area contributed by atoms with Crippen molar-refractivity contribution in [1.29, 1.82) is 0 Å². The molecule has 34 heavy (non-hydrogen) atoms. The van der Waals surface area contributed by atoms with Crippen LogP contribution < -0.4 is 15.4 Å². The molecule has 7 nitrogen and oxygen atoms in total. The molecule has 1 atom stereocenters. The van der Waals surface area contributed by atoms with Crippen LogP contribution in [0.1, 0.15) is 50.5 Å². The fourth-order valence-corrected chi connectivity index (χ4v) is 4.27. The van der Waals surface area contributed by atoms with Gasteiger partial charge < -0.3 is 20.1 Å². The second kappa shape index (κ2) is 11.4. The van der Waals surface area contributed by atoms with Crippen molar-refractivity contribution in [1.82, 2.24) is 5.32 Å². The molecule has 0 fully saturated rings. The second-order valence-corrected chi connectivity index (χ2v) is 8.45. The summed E-state index contributed by atoms with van der Waals surface area (Å²) in [4.78, 5) is 38.1. The number of amides is 2. The fourth-order valence-electron chi connectivity index (χ4n) is 3.30. The molecule has 0 saturated heterocycles. The van der Waals surface area contributed by atoms with Crippen molar-refractivity contribution in [2.75, 3.05) is 19.0 Å². The first-order valence-corrected chi connectivity index (χ1v) is 11.4. The molecule has 2 N–H and O–H groups in total. The van der Waals surface area contributed by atoms with Crippen LogP contribution in [-0.4, -0.2) is 31.5 Å². The van der Waals surface area contributed by atoms with Crippen molar-refractivity contribution >= 4 is 34.1 Å². The highest BCUT2D eigenvalue weighted by atomic mass is 32.1. The summed E-state index contributed by atoms with van der Waals surface area (Å²) in [5, 5.41) is 6.03. The quantitative estimate of drug-likeness (QED) is 0.422. The van der Waals surface area contributed by atoms with Gasteiger partial charge in [-0.05, 0) is 61.4 Å². The molecule has 2 aromatic carbocycles. The van der Waals surface area contributed by atoms with Gasteiger partial charge in [0.25, 0.3) is 11.8 Å². The highest BCUT2D eigenvalue weighted by Crippen LogP contribution is 2.29. The van der Waals surface area contributed by atoms with E-state index in [1.54, 1.807) is 44.2 Å². The number of anilines is 1. The van der Waals surface area contributed by atoms with Crippen LogP contribution in [0.2, 0.25) is 0 Å². The molecule has 0 aliphatic carbocycles. The lowest BCUT2D eigenvalue weighted by atomic mass is 10.0. The van der Waals surface area contributed by atoms with Crippen LogP contribution in [0, 0.1) is 12.7 Å². The Morgan fingerprint density at radius 1 is 1.06 bits per heavy atom. The van der Waals surface area contributed by atoms with Gasteiger partial charge in [-0.2, -0.15) is 0 Å². The number of nitrogens with one attached hydrogen (secondary N) is 2. The molecule has 1 heterocycles. The highest BCUT2D eigenvalue weighted by molar-refractivity contribution is 7.18. The largest absolute Gasteiger partial charge is 0.497 e. The minimum atomic E-state index is -0.645. The third kappa shape index (κ3) is 6.41. The molecule has 0 aliphatic rings. The molecule has 0 spiro atoms. The minimum Gasteiger partial charge on any atom is -0.497 e. The van der Waals surface area contributed by atoms with Crippen molar-refractivity contribution < 1.29 is 28.2 Å². The van der Waals surface area contributed by atoms with Crippen LogP contribution in [0.3, 0.4) is 0 Å². The zero-order chi connectivity index (χ0) is 24.7. The number of aryl methyl sites for hydroxylation is 1. The number of esters is 1. The molecule has 3 rings (SSSR count). The Morgan fingerprint density at radius 2 is 1.82 bits per heavy atom. The number of halogens is 1. The molecule has 2 amide bonds. The summed E-state index contributed by atoms with van der Waals surface area (Å²) >= 11 is 1.09. The maximum Gasteiger partial charge on any atom is 0.308 e. The van der Waals surface area contributed by atoms with Crippen LogP contribution in [0.15, 0.2) is 54.6 Å². The van der Waals surface area contributed by atoms with Crippen LogP contribution in [-0.2, 0) is 9.53 Å². The van der Waals surface area contributed by atoms with Gasteiger partial charge in [-0.3, -0.25) is 14.4 Å². The number of carbonyl (C=O) groups excluding carboxylic acids is 3. The second-order valence-electron chi connectivity index (χ2n) is 7.40. The Kier molecular flexibility index (Phi) is 8.37. The Labute approximate surface area is 200 Å². The van der Waals surface area contributed by atoms with E-state index < -0.39 is 29.6 Å². The SMILES string of the molecule is CCOC(=O)CC(NC(=O)c1sc(NC(=O)c2cccc(F)c2)cc1C)c1cccc(OC)c1. The molecule has 0 aliphatic heterocycles. The van der Waals surface area contributed by atoms with E-state index in [0.717, 1.165) is 17.4 Å². The van der Waals surface area contributed by atoms with E-state index in [9.17, 15) is 18.8 Å². The van der Waals surface area contributed by atoms with E-state index in [0.29, 0.717) is 26.8 Å². The van der Waals surface area contributed by atoms with E-state index in [2.05, 4.69) is 10.6 Å². The van der Waals surface area contributed by atoms with Gasteiger partial charge in [-0.1, -0.05) is 18.2 Å². The molecule has 3 aromatic rings. The van der Waals surface area contributed by atoms with E-state index in [-0.39, 0.29) is 18.6 Å². The van der Waals surface area contributed by atoms with Crippen LogP contribution in [0.5, 0.6) is 5.75 Å². The number of hydrogen-bond acceptors (Lipinski definition) is 6. The highest BCUT2D eigenvalue weighted by Gasteiger charge is 2.23. The molecular weight excluding hydrogens is 459 g/mol. The first kappa shape index (κ1) is 24.9. The van der Waals surface area contributed by atoms with Crippen molar-refractivity contribution in [3.8, 4) is 5.75 Å². The zero-order valence-electron chi connectivity index (χ0n) is 19.0. The van der Waals surface area contributed by atoms with Crippen molar-refractivity contribution in [3.63, 3.8) is 0 Å². The fraction of sp³-hybridized carbons (Fsp3) is 0.240. The monoisotopic (exact) mass is 484 g/mol. The molecule has 0 saturated carbocycles. The molecule has 9 heteroatoms. The van der Waals surface area contributed by atoms with Gasteiger partial charge in [0, 0.05) is 5.56 Å². The lowest BCUT2D eigenvalue weighted by Crippen LogP contribution is -2.30. The van der Waals surface area contributed by atoms with Gasteiger partial charge in [-0.25, -0.2) is 4.39 Å². The van der Waals surface area contributed by atoms with E-state index in [1.165, 1.54) is 25.3 Å². The average molecular weight is 485 g/mol. The number of hydrogen-bond donors (Lipinski definition) is 2. The molecule has 1 aromatic heterocycles. The van der Waals surface area contributed by atoms with Crippen LogP contribution in [0.25, 0.3) is 0 Å². The summed E-state index contributed by atoms with van der Waals surface area (Å²) < 4.78 is 23.7. The van der Waals surface area contributed by atoms with E-state index >= 15 is 0 Å². The van der Waals surface area contributed by atoms with Gasteiger partial charge >= 0.3 is 5.97 Å². The molecule has 1 unspecified atom stereocenters. The predicted molar refractivity (Wildman–Crippen MR) is 128 cm³/mol. The third-order valence-corrected chi connectivity index (χ3v) is 6.08. The Bertz CT molecular complexity index is 1190. The standard InChI is InChI=1S/C25H25FN2O5S/c1-4-33-22(29)14-20(16-7-6-10-19(13-16)32-3)27-25(31)23-15(2)11-21(34-23)28-24(30)17-8-5-9-18(26)12-17/h5-13,20H,4,14H2,1-3H3,(H,27,31)(H,28,30). The minimum absolute atomic E-state index is 0.0552. The van der Waals surface area contributed by atoms with E-state index in [1.807, 2.05) is 0 Å². The van der Waals surface area contributed by atoms with Gasteiger partial charge in [0.15, 0.2) is 0 Å². The van der Waals surface area contributed by atoms with Gasteiger partial charge in [0.05, 0.1) is 36.1 Å². The lowest BCUT2D eigenvalue weighted by molar-refractivity contribution is -0.143. The molecule has 0 bridgehead atoms. The molecule has 178 valence electrons. The number of ether oxygens (including phenoxy) is 2. The summed E-state index contributed by atoms with van der Waals surface area (Å²) in [6.45, 7) is 3.69. The average Bonchev–Trinajstić information content (AvgIpc) is 3.18. The summed E-state index contributed by atoms with van der Waals surface area (Å²) in [6.07, 6.45) is -0.0552. The maximum atomic E-state index is 13.4. The van der Waals surface area contributed by atoms with Gasteiger partial charge in [-0.15, -0.1) is 11.3 Å². The van der Waals surface area contributed by atoms with Crippen molar-refractivity contribution in [2.24, 2.45) is 0 Å². The van der Waals surface area contributed by atoms with Crippen LogP contribution >= 0.6 is 11.3 Å². The first-order chi connectivity index (χ1) is 16.3. The van der Waals surface area contributed by atoms with Crippen molar-refractivity contribution in [3.05, 3.63) is 82.0 Å². The summed E-state index contributed by atoms with van der Waals surface area (Å²) in [6, 6.07) is 13.4. The third-order valence-electron chi connectivity index (χ3n) is 4.93. The summed E-state index contributed by atoms with van der Waals surface area (Å²) in [5.74, 6) is -1.24. The van der Waals surface area contributed by atoms with Gasteiger partial charge in [0.1, 0.15) is 11.6 Å². The van der Waals surface area contributed by atoms with Crippen molar-refractivity contribution in [2.45, 2.75) is 26.3 Å². The topological polar surface area (TPSA) is 93.7 Å². The number of rotatable bonds is 9. The Hall–Kier alpha value is -3.72. The molecule has 0 radical (unpaired) electrons. The van der Waals surface area contributed by atoms with E-state index in [4.69, 9.17) is 9.47 Å². The molecular formula is C25H25FN2O5S. The number of thiophene rings is 1.